The van der Waals surface area contributed by atoms with Crippen molar-refractivity contribution in [1.29, 1.82) is 0 Å². The van der Waals surface area contributed by atoms with Gasteiger partial charge in [-0.1, -0.05) is 29.8 Å². The molecule has 3 heterocycles. The van der Waals surface area contributed by atoms with E-state index in [-0.39, 0.29) is 42.0 Å². The molecule has 0 saturated carbocycles. The van der Waals surface area contributed by atoms with Gasteiger partial charge in [0.05, 0.1) is 17.3 Å². The normalized spacial score (nSPS) is 19.3. The summed E-state index contributed by atoms with van der Waals surface area (Å²) in [5.41, 5.74) is 0.411. The molecule has 1 saturated heterocycles. The van der Waals surface area contributed by atoms with Crippen LogP contribution in [-0.4, -0.2) is 48.2 Å². The van der Waals surface area contributed by atoms with Crippen molar-refractivity contribution >= 4 is 16.8 Å². The van der Waals surface area contributed by atoms with Crippen molar-refractivity contribution in [3.63, 3.8) is 0 Å². The zero-order valence-corrected chi connectivity index (χ0v) is 24.6. The Kier molecular flexibility index (Phi) is 8.95. The number of anilines is 1. The second-order valence-electron chi connectivity index (χ2n) is 10.8. The van der Waals surface area contributed by atoms with Gasteiger partial charge in [-0.05, 0) is 50.6 Å². The molecule has 13 heteroatoms. The van der Waals surface area contributed by atoms with Crippen LogP contribution < -0.4 is 20.1 Å². The van der Waals surface area contributed by atoms with E-state index >= 15 is 8.78 Å². The predicted molar refractivity (Wildman–Crippen MR) is 157 cm³/mol. The van der Waals surface area contributed by atoms with E-state index in [9.17, 15) is 12.8 Å². The minimum Gasteiger partial charge on any atom is -0.435 e. The van der Waals surface area contributed by atoms with Gasteiger partial charge in [0.2, 0.25) is 22.7 Å². The Labute approximate surface area is 249 Å². The maximum Gasteiger partial charge on any atom is 0.228 e. The number of halogens is 3. The van der Waals surface area contributed by atoms with E-state index in [1.807, 2.05) is 6.92 Å². The lowest BCUT2D eigenvalue weighted by Gasteiger charge is -2.33. The summed E-state index contributed by atoms with van der Waals surface area (Å²) < 4.78 is 77.2. The highest BCUT2D eigenvalue weighted by Crippen LogP contribution is 2.38. The zero-order valence-electron chi connectivity index (χ0n) is 23.7. The Balaban J connectivity index is 1.46. The van der Waals surface area contributed by atoms with Gasteiger partial charge in [-0.25, -0.2) is 41.3 Å². The zero-order chi connectivity index (χ0) is 30.7. The molecule has 1 aliphatic heterocycles. The molecule has 226 valence electrons. The van der Waals surface area contributed by atoms with Crippen LogP contribution in [0.5, 0.6) is 11.6 Å². The molecular weight excluding hydrogens is 581 g/mol. The van der Waals surface area contributed by atoms with Crippen molar-refractivity contribution in [1.82, 2.24) is 25.0 Å². The van der Waals surface area contributed by atoms with Crippen molar-refractivity contribution in [2.24, 2.45) is 0 Å². The first-order valence-corrected chi connectivity index (χ1v) is 14.8. The molecule has 2 aromatic heterocycles. The lowest BCUT2D eigenvalue weighted by atomic mass is 9.95. The van der Waals surface area contributed by atoms with Gasteiger partial charge in [0, 0.05) is 49.1 Å². The van der Waals surface area contributed by atoms with Gasteiger partial charge in [-0.3, -0.25) is 0 Å². The van der Waals surface area contributed by atoms with E-state index < -0.39 is 40.0 Å². The summed E-state index contributed by atoms with van der Waals surface area (Å²) in [6, 6.07) is 11.2. The Morgan fingerprint density at radius 2 is 1.86 bits per heavy atom. The molecule has 2 aromatic carbocycles. The fourth-order valence-electron chi connectivity index (χ4n) is 5.08. The summed E-state index contributed by atoms with van der Waals surface area (Å²) in [5, 5.41) is 6.19. The van der Waals surface area contributed by atoms with E-state index in [2.05, 4.69) is 30.3 Å². The van der Waals surface area contributed by atoms with Crippen LogP contribution in [0.4, 0.5) is 19.1 Å². The Morgan fingerprint density at radius 1 is 1.09 bits per heavy atom. The first-order chi connectivity index (χ1) is 20.5. The Bertz CT molecular complexity index is 1690. The van der Waals surface area contributed by atoms with Gasteiger partial charge >= 0.3 is 0 Å². The lowest BCUT2D eigenvalue weighted by Crippen LogP contribution is -2.50. The largest absolute Gasteiger partial charge is 0.435 e. The molecule has 9 nitrogen and oxygen atoms in total. The average Bonchev–Trinajstić information content (AvgIpc) is 2.96. The summed E-state index contributed by atoms with van der Waals surface area (Å²) in [5.74, 6) is -1.92. The van der Waals surface area contributed by atoms with Crippen LogP contribution in [0.15, 0.2) is 60.9 Å². The molecule has 0 bridgehead atoms. The summed E-state index contributed by atoms with van der Waals surface area (Å²) in [4.78, 5) is 13.0. The third-order valence-corrected chi connectivity index (χ3v) is 7.64. The molecule has 3 N–H and O–H groups in total. The average molecular weight is 613 g/mol. The Hall–Kier alpha value is -4.07. The molecule has 1 aliphatic rings. The molecular formula is C30H31F3N6O3S. The van der Waals surface area contributed by atoms with E-state index in [1.165, 1.54) is 26.2 Å². The second kappa shape index (κ2) is 12.7. The molecule has 0 radical (unpaired) electrons. The molecule has 1 unspecified atom stereocenters. The monoisotopic (exact) mass is 612 g/mol. The molecule has 3 atom stereocenters. The quantitative estimate of drug-likeness (QED) is 0.197. The highest BCUT2D eigenvalue weighted by Gasteiger charge is 2.32. The summed E-state index contributed by atoms with van der Waals surface area (Å²) >= 11 is 0. The van der Waals surface area contributed by atoms with Crippen LogP contribution in [-0.2, 0) is 10.9 Å². The lowest BCUT2D eigenvalue weighted by molar-refractivity contribution is 0.137. The standard InChI is InChI=1S/C30H31F3N6O3S/c1-17-6-8-19(9-7-17)26(39-43(40)41)22-13-23(31)27(18(2)25(22)32)42-28-21(5-4-11-35-28)24-10-12-36-29(38-24)37-20-14-30(3,33)16-34-15-20/h4-13,20,26,34,43H,14-16H2,1-3H3,(H,36,37,38)(H,39,40,41)/t20-,26?,30-/m0/s1. The van der Waals surface area contributed by atoms with Gasteiger partial charge in [-0.15, -0.1) is 0 Å². The fraction of sp³-hybridized carbons (Fsp3) is 0.300. The van der Waals surface area contributed by atoms with Crippen molar-refractivity contribution in [3.8, 4) is 22.9 Å². The second-order valence-corrected chi connectivity index (χ2v) is 11.5. The van der Waals surface area contributed by atoms with E-state index in [0.29, 0.717) is 23.4 Å². The minimum atomic E-state index is -3.14. The fourth-order valence-corrected chi connectivity index (χ4v) is 5.57. The highest BCUT2D eigenvalue weighted by molar-refractivity contribution is 7.70. The summed E-state index contributed by atoms with van der Waals surface area (Å²) in [7, 11) is -3.14. The number of ether oxygens (including phenoxy) is 1. The molecule has 43 heavy (non-hydrogen) atoms. The van der Waals surface area contributed by atoms with Crippen LogP contribution in [0.3, 0.4) is 0 Å². The summed E-state index contributed by atoms with van der Waals surface area (Å²) in [6.07, 6.45) is 3.24. The van der Waals surface area contributed by atoms with E-state index in [1.54, 1.807) is 42.5 Å². The topological polar surface area (TPSA) is 118 Å². The van der Waals surface area contributed by atoms with Crippen LogP contribution in [0.2, 0.25) is 0 Å². The van der Waals surface area contributed by atoms with Crippen LogP contribution in [0.25, 0.3) is 11.3 Å². The Morgan fingerprint density at radius 3 is 2.58 bits per heavy atom. The minimum absolute atomic E-state index is 0.0344. The number of alkyl halides is 1. The van der Waals surface area contributed by atoms with Gasteiger partial charge < -0.3 is 15.4 Å². The SMILES string of the molecule is Cc1ccc(C(N[SH](=O)=O)c2cc(F)c(Oc3ncccc3-c3ccnc(N[C@@H]4CNC[C@@](C)(F)C4)n3)c(C)c2F)cc1. The van der Waals surface area contributed by atoms with Gasteiger partial charge in [-0.2, -0.15) is 0 Å². The number of nitrogens with zero attached hydrogens (tertiary/aromatic N) is 3. The molecule has 0 spiro atoms. The van der Waals surface area contributed by atoms with Crippen LogP contribution >= 0.6 is 0 Å². The van der Waals surface area contributed by atoms with Crippen molar-refractivity contribution in [3.05, 3.63) is 94.8 Å². The number of hydrogen-bond acceptors (Lipinski definition) is 8. The number of hydrogen-bond donors (Lipinski definition) is 4. The summed E-state index contributed by atoms with van der Waals surface area (Å²) in [6.45, 7) is 5.54. The van der Waals surface area contributed by atoms with E-state index in [0.717, 1.165) is 11.6 Å². The van der Waals surface area contributed by atoms with Gasteiger partial charge in [0.25, 0.3) is 0 Å². The maximum atomic E-state index is 15.8. The van der Waals surface area contributed by atoms with E-state index in [4.69, 9.17) is 4.74 Å². The molecule has 0 amide bonds. The highest BCUT2D eigenvalue weighted by atomic mass is 32.2. The smallest absolute Gasteiger partial charge is 0.228 e. The molecule has 5 rings (SSSR count). The van der Waals surface area contributed by atoms with Crippen molar-refractivity contribution < 1.29 is 26.3 Å². The van der Waals surface area contributed by atoms with Gasteiger partial charge in [0.15, 0.2) is 11.6 Å². The first-order valence-electron chi connectivity index (χ1n) is 13.6. The first kappa shape index (κ1) is 30.4. The van der Waals surface area contributed by atoms with Crippen LogP contribution in [0, 0.1) is 25.5 Å². The number of nitrogens with one attached hydrogen (secondary N) is 3. The third kappa shape index (κ3) is 7.12. The molecule has 4 aromatic rings. The third-order valence-electron chi connectivity index (χ3n) is 7.17. The molecule has 1 fully saturated rings. The van der Waals surface area contributed by atoms with Crippen molar-refractivity contribution in [2.75, 3.05) is 18.4 Å². The number of aryl methyl sites for hydroxylation is 1. The number of rotatable bonds is 9. The predicted octanol–water partition coefficient (Wildman–Crippen LogP) is 4.93. The van der Waals surface area contributed by atoms with Crippen LogP contribution in [0.1, 0.15) is 41.6 Å². The maximum absolute atomic E-state index is 15.8. The number of aromatic nitrogens is 3. The number of thiol groups is 1. The number of pyridine rings is 1. The molecule has 0 aliphatic carbocycles. The number of piperidine rings is 1. The van der Waals surface area contributed by atoms with Crippen molar-refractivity contribution in [2.45, 2.75) is 44.9 Å². The number of benzene rings is 2. The van der Waals surface area contributed by atoms with Gasteiger partial charge in [0.1, 0.15) is 11.5 Å².